The Hall–Kier alpha value is -0.530. The fourth-order valence-corrected chi connectivity index (χ4v) is 2.86. The molecule has 0 amide bonds. The number of benzene rings is 1. The van der Waals surface area contributed by atoms with Gasteiger partial charge in [0.1, 0.15) is 0 Å². The van der Waals surface area contributed by atoms with E-state index in [9.17, 15) is 0 Å². The summed E-state index contributed by atoms with van der Waals surface area (Å²) >= 11 is 6.02. The molecule has 1 aromatic carbocycles. The van der Waals surface area contributed by atoms with E-state index < -0.39 is 0 Å². The highest BCUT2D eigenvalue weighted by atomic mass is 35.5. The van der Waals surface area contributed by atoms with Crippen molar-refractivity contribution in [3.05, 3.63) is 34.9 Å². The zero-order chi connectivity index (χ0) is 10.7. The van der Waals surface area contributed by atoms with Crippen molar-refractivity contribution >= 4 is 11.6 Å². The summed E-state index contributed by atoms with van der Waals surface area (Å²) in [4.78, 5) is 0. The number of nitrogens with one attached hydrogen (secondary N) is 1. The van der Waals surface area contributed by atoms with E-state index in [1.165, 1.54) is 31.2 Å². The van der Waals surface area contributed by atoms with Crippen molar-refractivity contribution in [3.63, 3.8) is 0 Å². The zero-order valence-electron chi connectivity index (χ0n) is 9.17. The first-order chi connectivity index (χ1) is 7.31. The highest BCUT2D eigenvalue weighted by Crippen LogP contribution is 2.35. The van der Waals surface area contributed by atoms with Gasteiger partial charge in [-0.25, -0.2) is 0 Å². The van der Waals surface area contributed by atoms with Gasteiger partial charge in [0, 0.05) is 11.1 Å². The number of halogens is 1. The minimum absolute atomic E-state index is 0.478. The molecule has 1 unspecified atom stereocenters. The van der Waals surface area contributed by atoms with Gasteiger partial charge in [-0.3, -0.25) is 0 Å². The van der Waals surface area contributed by atoms with Crippen LogP contribution in [0.1, 0.15) is 37.3 Å². The molecule has 2 heteroatoms. The molecule has 0 aromatic heterocycles. The third-order valence-corrected chi connectivity index (χ3v) is 3.63. The molecular weight excluding hydrogens is 206 g/mol. The summed E-state index contributed by atoms with van der Waals surface area (Å²) in [5.74, 6) is 0.786. The normalized spacial score (nSPS) is 19.3. The van der Waals surface area contributed by atoms with Crippen molar-refractivity contribution in [2.75, 3.05) is 7.05 Å². The minimum Gasteiger partial charge on any atom is -0.313 e. The maximum absolute atomic E-state index is 6.02. The largest absolute Gasteiger partial charge is 0.313 e. The molecule has 1 atom stereocenters. The van der Waals surface area contributed by atoms with Crippen LogP contribution >= 0.6 is 11.6 Å². The average Bonchev–Trinajstić information content (AvgIpc) is 2.72. The quantitative estimate of drug-likeness (QED) is 0.822. The van der Waals surface area contributed by atoms with E-state index in [1.807, 2.05) is 19.2 Å². The van der Waals surface area contributed by atoms with Crippen molar-refractivity contribution in [1.29, 1.82) is 0 Å². The summed E-state index contributed by atoms with van der Waals surface area (Å²) < 4.78 is 0. The van der Waals surface area contributed by atoms with Gasteiger partial charge in [-0.05, 0) is 43.5 Å². The van der Waals surface area contributed by atoms with Gasteiger partial charge in [0.2, 0.25) is 0 Å². The van der Waals surface area contributed by atoms with E-state index in [0.29, 0.717) is 6.04 Å². The van der Waals surface area contributed by atoms with E-state index in [0.717, 1.165) is 10.9 Å². The lowest BCUT2D eigenvalue weighted by Crippen LogP contribution is -2.23. The molecule has 15 heavy (non-hydrogen) atoms. The van der Waals surface area contributed by atoms with Crippen LogP contribution in [0.4, 0.5) is 0 Å². The molecule has 1 N–H and O–H groups in total. The zero-order valence-corrected chi connectivity index (χ0v) is 9.93. The van der Waals surface area contributed by atoms with Gasteiger partial charge in [0.05, 0.1) is 0 Å². The molecule has 0 heterocycles. The van der Waals surface area contributed by atoms with Crippen LogP contribution in [-0.4, -0.2) is 7.05 Å². The predicted molar refractivity (Wildman–Crippen MR) is 65.2 cm³/mol. The van der Waals surface area contributed by atoms with E-state index in [2.05, 4.69) is 17.4 Å². The van der Waals surface area contributed by atoms with Gasteiger partial charge < -0.3 is 5.32 Å². The second kappa shape index (κ2) is 5.00. The molecule has 1 fully saturated rings. The van der Waals surface area contributed by atoms with Crippen LogP contribution < -0.4 is 5.32 Å². The Labute approximate surface area is 96.8 Å². The first-order valence-electron chi connectivity index (χ1n) is 5.74. The van der Waals surface area contributed by atoms with E-state index in [4.69, 9.17) is 11.6 Å². The molecule has 1 nitrogen and oxygen atoms in total. The van der Waals surface area contributed by atoms with E-state index in [-0.39, 0.29) is 0 Å². The number of rotatable bonds is 3. The molecule has 82 valence electrons. The molecule has 2 rings (SSSR count). The molecule has 1 aromatic rings. The van der Waals surface area contributed by atoms with Gasteiger partial charge in [0.25, 0.3) is 0 Å². The van der Waals surface area contributed by atoms with Crippen LogP contribution in [0.25, 0.3) is 0 Å². The molecule has 1 saturated carbocycles. The first-order valence-corrected chi connectivity index (χ1v) is 6.12. The summed E-state index contributed by atoms with van der Waals surface area (Å²) in [6.45, 7) is 0. The maximum Gasteiger partial charge on any atom is 0.0409 e. The lowest BCUT2D eigenvalue weighted by molar-refractivity contribution is 0.390. The Morgan fingerprint density at radius 1 is 1.33 bits per heavy atom. The van der Waals surface area contributed by atoms with Crippen molar-refractivity contribution < 1.29 is 0 Å². The fourth-order valence-electron chi connectivity index (χ4n) is 2.67. The molecule has 0 aliphatic heterocycles. The standard InChI is InChI=1S/C13H18ClN/c1-15-13(10-5-2-3-6-10)11-7-4-8-12(14)9-11/h4,7-10,13,15H,2-3,5-6H2,1H3. The smallest absolute Gasteiger partial charge is 0.0409 e. The first kappa shape index (κ1) is 11.0. The minimum atomic E-state index is 0.478. The van der Waals surface area contributed by atoms with Crippen molar-refractivity contribution in [3.8, 4) is 0 Å². The highest BCUT2D eigenvalue weighted by molar-refractivity contribution is 6.30. The lowest BCUT2D eigenvalue weighted by Gasteiger charge is -2.23. The second-order valence-corrected chi connectivity index (χ2v) is 4.80. The van der Waals surface area contributed by atoms with Crippen molar-refractivity contribution in [2.24, 2.45) is 5.92 Å². The Bertz CT molecular complexity index is 318. The third-order valence-electron chi connectivity index (χ3n) is 3.39. The lowest BCUT2D eigenvalue weighted by atomic mass is 9.92. The van der Waals surface area contributed by atoms with Crippen LogP contribution in [0.15, 0.2) is 24.3 Å². The molecule has 0 bridgehead atoms. The summed E-state index contributed by atoms with van der Waals surface area (Å²) in [5, 5.41) is 4.27. The molecule has 1 aliphatic rings. The topological polar surface area (TPSA) is 12.0 Å². The Morgan fingerprint density at radius 2 is 2.07 bits per heavy atom. The average molecular weight is 224 g/mol. The molecule has 0 saturated heterocycles. The summed E-state index contributed by atoms with van der Waals surface area (Å²) in [6, 6.07) is 8.71. The Morgan fingerprint density at radius 3 is 2.67 bits per heavy atom. The molecule has 0 radical (unpaired) electrons. The number of hydrogen-bond acceptors (Lipinski definition) is 1. The summed E-state index contributed by atoms with van der Waals surface area (Å²) in [6.07, 6.45) is 5.45. The van der Waals surface area contributed by atoms with Gasteiger partial charge in [-0.15, -0.1) is 0 Å². The monoisotopic (exact) mass is 223 g/mol. The SMILES string of the molecule is CNC(c1cccc(Cl)c1)C1CCCC1. The van der Waals surface area contributed by atoms with Gasteiger partial charge in [-0.2, -0.15) is 0 Å². The van der Waals surface area contributed by atoms with Crippen LogP contribution in [0.3, 0.4) is 0 Å². The molecule has 0 spiro atoms. The highest BCUT2D eigenvalue weighted by Gasteiger charge is 2.24. The van der Waals surface area contributed by atoms with E-state index in [1.54, 1.807) is 0 Å². The van der Waals surface area contributed by atoms with Crippen molar-refractivity contribution in [2.45, 2.75) is 31.7 Å². The second-order valence-electron chi connectivity index (χ2n) is 4.37. The number of hydrogen-bond donors (Lipinski definition) is 1. The third kappa shape index (κ3) is 2.53. The molecule has 1 aliphatic carbocycles. The van der Waals surface area contributed by atoms with E-state index >= 15 is 0 Å². The summed E-state index contributed by atoms with van der Waals surface area (Å²) in [7, 11) is 2.05. The Kier molecular flexibility index (Phi) is 3.66. The van der Waals surface area contributed by atoms with Gasteiger partial charge >= 0.3 is 0 Å². The molecular formula is C13H18ClN. The summed E-state index contributed by atoms with van der Waals surface area (Å²) in [5.41, 5.74) is 1.33. The van der Waals surface area contributed by atoms with Gasteiger partial charge in [0.15, 0.2) is 0 Å². The van der Waals surface area contributed by atoms with Crippen molar-refractivity contribution in [1.82, 2.24) is 5.32 Å². The van der Waals surface area contributed by atoms with Crippen LogP contribution in [-0.2, 0) is 0 Å². The Balaban J connectivity index is 2.18. The fraction of sp³-hybridized carbons (Fsp3) is 0.538. The van der Waals surface area contributed by atoms with Crippen LogP contribution in [0.2, 0.25) is 5.02 Å². The van der Waals surface area contributed by atoms with Crippen LogP contribution in [0.5, 0.6) is 0 Å². The predicted octanol–water partition coefficient (Wildman–Crippen LogP) is 3.79. The van der Waals surface area contributed by atoms with Gasteiger partial charge in [-0.1, -0.05) is 36.6 Å². The van der Waals surface area contributed by atoms with Crippen LogP contribution in [0, 0.1) is 5.92 Å². The maximum atomic E-state index is 6.02.